The molecule has 2 heterocycles. The van der Waals surface area contributed by atoms with E-state index >= 15 is 0 Å². The van der Waals surface area contributed by atoms with Gasteiger partial charge in [0, 0.05) is 30.1 Å². The number of nitrogen functional groups attached to an aromatic ring is 1. The van der Waals surface area contributed by atoms with Crippen LogP contribution >= 0.6 is 0 Å². The number of carbonyl (C=O) groups excluding carboxylic acids is 2. The van der Waals surface area contributed by atoms with Crippen LogP contribution in [0.15, 0.2) is 95.5 Å². The van der Waals surface area contributed by atoms with Crippen LogP contribution in [-0.4, -0.2) is 23.8 Å². The Morgan fingerprint density at radius 1 is 0.800 bits per heavy atom. The lowest BCUT2D eigenvalue weighted by molar-refractivity contribution is 0.0938. The smallest absolute Gasteiger partial charge is 0.289 e. The second kappa shape index (κ2) is 9.15. The molecule has 0 aliphatic rings. The van der Waals surface area contributed by atoms with Crippen molar-refractivity contribution in [1.82, 2.24) is 10.3 Å². The molecular formula is C28H22N4O3. The molecule has 7 nitrogen and oxygen atoms in total. The molecule has 7 heteroatoms. The van der Waals surface area contributed by atoms with Gasteiger partial charge in [-0.15, -0.1) is 0 Å². The van der Waals surface area contributed by atoms with Crippen LogP contribution in [0.5, 0.6) is 0 Å². The van der Waals surface area contributed by atoms with Gasteiger partial charge in [-0.3, -0.25) is 9.59 Å². The van der Waals surface area contributed by atoms with E-state index in [0.29, 0.717) is 16.7 Å². The third-order valence-corrected chi connectivity index (χ3v) is 5.73. The first-order valence-corrected chi connectivity index (χ1v) is 11.0. The molecular weight excluding hydrogens is 440 g/mol. The van der Waals surface area contributed by atoms with Crippen LogP contribution < -0.4 is 16.4 Å². The molecule has 3 aromatic carbocycles. The number of pyridine rings is 1. The number of rotatable bonds is 5. The van der Waals surface area contributed by atoms with E-state index in [2.05, 4.69) is 15.6 Å². The van der Waals surface area contributed by atoms with Gasteiger partial charge < -0.3 is 20.8 Å². The van der Waals surface area contributed by atoms with Crippen LogP contribution in [0, 0.1) is 0 Å². The van der Waals surface area contributed by atoms with E-state index in [1.807, 2.05) is 66.7 Å². The zero-order chi connectivity index (χ0) is 24.4. The van der Waals surface area contributed by atoms with Crippen LogP contribution in [0.1, 0.15) is 20.9 Å². The molecule has 0 saturated carbocycles. The molecule has 4 N–H and O–H groups in total. The molecule has 0 aliphatic heterocycles. The Kier molecular flexibility index (Phi) is 5.73. The van der Waals surface area contributed by atoms with Crippen molar-refractivity contribution in [3.05, 3.63) is 102 Å². The first-order valence-electron chi connectivity index (χ1n) is 11.0. The number of nitrogens with two attached hydrogens (primary N) is 1. The van der Waals surface area contributed by atoms with Gasteiger partial charge in [-0.25, -0.2) is 4.98 Å². The fourth-order valence-electron chi connectivity index (χ4n) is 3.83. The molecule has 2 amide bonds. The van der Waals surface area contributed by atoms with Gasteiger partial charge in [0.2, 0.25) is 5.76 Å². The lowest BCUT2D eigenvalue weighted by Crippen LogP contribution is -2.18. The van der Waals surface area contributed by atoms with E-state index in [9.17, 15) is 9.59 Å². The van der Waals surface area contributed by atoms with E-state index < -0.39 is 5.91 Å². The van der Waals surface area contributed by atoms with Gasteiger partial charge in [0.1, 0.15) is 11.2 Å². The topological polar surface area (TPSA) is 110 Å². The minimum absolute atomic E-state index is 0.0379. The third kappa shape index (κ3) is 4.35. The average molecular weight is 463 g/mol. The Labute approximate surface area is 201 Å². The van der Waals surface area contributed by atoms with Crippen molar-refractivity contribution in [2.24, 2.45) is 0 Å². The highest BCUT2D eigenvalue weighted by Gasteiger charge is 2.19. The Morgan fingerprint density at radius 2 is 1.43 bits per heavy atom. The van der Waals surface area contributed by atoms with Gasteiger partial charge in [-0.2, -0.15) is 0 Å². The summed E-state index contributed by atoms with van der Waals surface area (Å²) in [5.74, 6) is -0.574. The van der Waals surface area contributed by atoms with Gasteiger partial charge in [-0.1, -0.05) is 54.6 Å². The summed E-state index contributed by atoms with van der Waals surface area (Å²) in [6.45, 7) is 0. The van der Waals surface area contributed by atoms with E-state index in [0.717, 1.165) is 27.9 Å². The molecule has 0 saturated heterocycles. The highest BCUT2D eigenvalue weighted by Crippen LogP contribution is 2.30. The van der Waals surface area contributed by atoms with Crippen LogP contribution in [-0.2, 0) is 0 Å². The maximum absolute atomic E-state index is 12.7. The number of furan rings is 1. The predicted molar refractivity (Wildman–Crippen MR) is 137 cm³/mol. The second-order valence-corrected chi connectivity index (χ2v) is 7.97. The lowest BCUT2D eigenvalue weighted by Gasteiger charge is -2.08. The zero-order valence-electron chi connectivity index (χ0n) is 18.9. The maximum Gasteiger partial charge on any atom is 0.289 e. The van der Waals surface area contributed by atoms with Gasteiger partial charge in [0.25, 0.3) is 11.8 Å². The van der Waals surface area contributed by atoms with E-state index in [4.69, 9.17) is 10.2 Å². The first kappa shape index (κ1) is 21.9. The summed E-state index contributed by atoms with van der Waals surface area (Å²) in [7, 11) is 1.51. The highest BCUT2D eigenvalue weighted by atomic mass is 16.3. The van der Waals surface area contributed by atoms with E-state index in [1.165, 1.54) is 7.05 Å². The number of nitrogens with one attached hydrogen (secondary N) is 2. The van der Waals surface area contributed by atoms with Crippen molar-refractivity contribution >= 4 is 34.3 Å². The monoisotopic (exact) mass is 462 g/mol. The summed E-state index contributed by atoms with van der Waals surface area (Å²) >= 11 is 0. The molecule has 35 heavy (non-hydrogen) atoms. The summed E-state index contributed by atoms with van der Waals surface area (Å²) < 4.78 is 5.61. The van der Waals surface area contributed by atoms with Crippen LogP contribution in [0.2, 0.25) is 0 Å². The molecule has 0 fully saturated rings. The minimum atomic E-state index is -0.410. The first-order chi connectivity index (χ1) is 17.0. The Morgan fingerprint density at radius 3 is 2.11 bits per heavy atom. The van der Waals surface area contributed by atoms with Gasteiger partial charge in [-0.05, 0) is 47.0 Å². The lowest BCUT2D eigenvalue weighted by atomic mass is 10.0. The van der Waals surface area contributed by atoms with Gasteiger partial charge in [0.05, 0.1) is 0 Å². The van der Waals surface area contributed by atoms with Crippen molar-refractivity contribution in [3.8, 4) is 22.3 Å². The number of benzene rings is 3. The molecule has 0 atom stereocenters. The average Bonchev–Trinajstić information content (AvgIpc) is 3.25. The number of aromatic nitrogens is 1. The SMILES string of the molecule is CNC(=O)c1oc2cc(-c3ccc(C(=O)Nc4ccc(-c5ccccc5)cc4)cc3)cnc2c1N. The minimum Gasteiger partial charge on any atom is -0.447 e. The molecule has 5 rings (SSSR count). The number of hydrogen-bond acceptors (Lipinski definition) is 5. The molecule has 0 bridgehead atoms. The van der Waals surface area contributed by atoms with Gasteiger partial charge >= 0.3 is 0 Å². The quantitative estimate of drug-likeness (QED) is 0.326. The Bertz CT molecular complexity index is 1520. The molecule has 0 radical (unpaired) electrons. The standard InChI is InChI=1S/C28H22N4O3/c1-30-28(34)26-24(29)25-23(35-26)15-21(16-31-25)19-7-9-20(10-8-19)27(33)32-22-13-11-18(12-14-22)17-5-3-2-4-6-17/h2-16H,29H2,1H3,(H,30,34)(H,32,33). The second-order valence-electron chi connectivity index (χ2n) is 7.97. The van der Waals surface area contributed by atoms with Crippen molar-refractivity contribution in [2.45, 2.75) is 0 Å². The summed E-state index contributed by atoms with van der Waals surface area (Å²) in [6.07, 6.45) is 1.66. The Hall–Kier alpha value is -4.91. The van der Waals surface area contributed by atoms with Crippen molar-refractivity contribution in [3.63, 3.8) is 0 Å². The van der Waals surface area contributed by atoms with E-state index in [-0.39, 0.29) is 17.4 Å². The number of hydrogen-bond donors (Lipinski definition) is 3. The molecule has 0 spiro atoms. The highest BCUT2D eigenvalue weighted by molar-refractivity contribution is 6.05. The summed E-state index contributed by atoms with van der Waals surface area (Å²) in [4.78, 5) is 29.0. The molecule has 172 valence electrons. The maximum atomic E-state index is 12.7. The number of fused-ring (bicyclic) bond motifs is 1. The van der Waals surface area contributed by atoms with Crippen molar-refractivity contribution in [1.29, 1.82) is 0 Å². The molecule has 5 aromatic rings. The van der Waals surface area contributed by atoms with Crippen molar-refractivity contribution in [2.75, 3.05) is 18.1 Å². The molecule has 2 aromatic heterocycles. The summed E-state index contributed by atoms with van der Waals surface area (Å²) in [6, 6.07) is 26.7. The number of anilines is 2. The summed E-state index contributed by atoms with van der Waals surface area (Å²) in [5, 5.41) is 5.42. The van der Waals surface area contributed by atoms with Crippen LogP contribution in [0.4, 0.5) is 11.4 Å². The van der Waals surface area contributed by atoms with Gasteiger partial charge in [0.15, 0.2) is 5.58 Å². The zero-order valence-corrected chi connectivity index (χ0v) is 18.9. The number of amides is 2. The normalized spacial score (nSPS) is 10.8. The molecule has 0 aliphatic carbocycles. The van der Waals surface area contributed by atoms with Crippen LogP contribution in [0.25, 0.3) is 33.4 Å². The third-order valence-electron chi connectivity index (χ3n) is 5.73. The summed E-state index contributed by atoms with van der Waals surface area (Å²) in [5.41, 5.74) is 12.1. The predicted octanol–water partition coefficient (Wildman–Crippen LogP) is 5.36. The number of carbonyl (C=O) groups is 2. The number of nitrogens with zero attached hydrogens (tertiary/aromatic N) is 1. The Balaban J connectivity index is 1.31. The fourth-order valence-corrected chi connectivity index (χ4v) is 3.83. The van der Waals surface area contributed by atoms with Crippen LogP contribution in [0.3, 0.4) is 0 Å². The molecule has 0 unspecified atom stereocenters. The largest absolute Gasteiger partial charge is 0.447 e. The van der Waals surface area contributed by atoms with E-state index in [1.54, 1.807) is 24.4 Å². The van der Waals surface area contributed by atoms with Crippen molar-refractivity contribution < 1.29 is 14.0 Å². The fraction of sp³-hybridized carbons (Fsp3) is 0.0357.